The van der Waals surface area contributed by atoms with Crippen molar-refractivity contribution in [1.29, 1.82) is 0 Å². The minimum absolute atomic E-state index is 0.139. The van der Waals surface area contributed by atoms with E-state index in [1.54, 1.807) is 27.8 Å². The van der Waals surface area contributed by atoms with Crippen molar-refractivity contribution in [2.24, 2.45) is 12.1 Å². The van der Waals surface area contributed by atoms with Gasteiger partial charge in [-0.1, -0.05) is 0 Å². The molecule has 2 heterocycles. The molecule has 6 nitrogen and oxygen atoms in total. The van der Waals surface area contributed by atoms with Crippen molar-refractivity contribution in [3.05, 3.63) is 27.2 Å². The van der Waals surface area contributed by atoms with Gasteiger partial charge in [0.25, 0.3) is 11.5 Å². The van der Waals surface area contributed by atoms with Crippen LogP contribution in [-0.2, 0) is 11.8 Å². The number of allylic oxidation sites excluding steroid dienone is 1. The molecule has 0 radical (unpaired) electrons. The van der Waals surface area contributed by atoms with E-state index in [0.29, 0.717) is 22.4 Å². The number of H-pyrrole nitrogens is 1. The molecule has 17 heavy (non-hydrogen) atoms. The molecular formula is C11H14N4O2. The Morgan fingerprint density at radius 2 is 1.94 bits per heavy atom. The fourth-order valence-corrected chi connectivity index (χ4v) is 2.11. The third-order valence-electron chi connectivity index (χ3n) is 2.89. The summed E-state index contributed by atoms with van der Waals surface area (Å²) in [5.41, 5.74) is 5.27. The minimum atomic E-state index is -0.261. The normalized spacial score (nSPS) is 18.1. The van der Waals surface area contributed by atoms with Gasteiger partial charge in [-0.05, 0) is 26.3 Å². The lowest BCUT2D eigenvalue weighted by atomic mass is 9.99. The Labute approximate surface area is 98.0 Å². The summed E-state index contributed by atoms with van der Waals surface area (Å²) in [6.45, 7) is 5.31. The molecule has 2 rings (SSSR count). The van der Waals surface area contributed by atoms with Gasteiger partial charge in [0, 0.05) is 12.7 Å². The predicted molar refractivity (Wildman–Crippen MR) is 64.6 cm³/mol. The average molecular weight is 234 g/mol. The number of hydrazone groups is 1. The van der Waals surface area contributed by atoms with Gasteiger partial charge >= 0.3 is 0 Å². The Bertz CT molecular complexity index is 616. The lowest BCUT2D eigenvalue weighted by Crippen LogP contribution is -2.18. The summed E-state index contributed by atoms with van der Waals surface area (Å²) in [6.07, 6.45) is 0. The van der Waals surface area contributed by atoms with Crippen molar-refractivity contribution >= 4 is 17.2 Å². The highest BCUT2D eigenvalue weighted by Crippen LogP contribution is 2.21. The van der Waals surface area contributed by atoms with E-state index < -0.39 is 0 Å². The van der Waals surface area contributed by atoms with Gasteiger partial charge in [0.05, 0.1) is 16.8 Å². The number of nitrogens with zero attached hydrogens (tertiary/aromatic N) is 2. The first kappa shape index (κ1) is 11.4. The van der Waals surface area contributed by atoms with E-state index in [9.17, 15) is 9.59 Å². The fraction of sp³-hybridized carbons (Fsp3) is 0.364. The summed E-state index contributed by atoms with van der Waals surface area (Å²) in [5.74, 6) is -0.261. The Kier molecular flexibility index (Phi) is 2.49. The van der Waals surface area contributed by atoms with Gasteiger partial charge in [-0.25, -0.2) is 5.43 Å². The average Bonchev–Trinajstić information content (AvgIpc) is 2.69. The highest BCUT2D eigenvalue weighted by atomic mass is 16.2. The van der Waals surface area contributed by atoms with Crippen molar-refractivity contribution < 1.29 is 4.79 Å². The number of hydrogen-bond donors (Lipinski definition) is 2. The first-order valence-corrected chi connectivity index (χ1v) is 5.25. The van der Waals surface area contributed by atoms with Crippen LogP contribution in [-0.4, -0.2) is 21.4 Å². The highest BCUT2D eigenvalue weighted by molar-refractivity contribution is 6.28. The van der Waals surface area contributed by atoms with Crippen molar-refractivity contribution in [3.63, 3.8) is 0 Å². The van der Waals surface area contributed by atoms with Crippen LogP contribution in [0.5, 0.6) is 0 Å². The molecule has 0 spiro atoms. The summed E-state index contributed by atoms with van der Waals surface area (Å²) in [6, 6.07) is 0. The molecule has 6 heteroatoms. The van der Waals surface area contributed by atoms with Crippen LogP contribution in [0, 0.1) is 6.92 Å². The van der Waals surface area contributed by atoms with Gasteiger partial charge in [0.2, 0.25) is 0 Å². The monoisotopic (exact) mass is 234 g/mol. The van der Waals surface area contributed by atoms with Crippen LogP contribution in [0.3, 0.4) is 0 Å². The topological polar surface area (TPSA) is 79.2 Å². The molecular weight excluding hydrogens is 220 g/mol. The van der Waals surface area contributed by atoms with Crippen molar-refractivity contribution in [2.75, 3.05) is 0 Å². The molecule has 0 aromatic carbocycles. The van der Waals surface area contributed by atoms with Crippen LogP contribution in [0.4, 0.5) is 0 Å². The number of carbonyl (C=O) groups excluding carboxylic acids is 1. The van der Waals surface area contributed by atoms with Crippen molar-refractivity contribution in [1.82, 2.24) is 15.2 Å². The molecule has 1 aliphatic heterocycles. The molecule has 0 unspecified atom stereocenters. The van der Waals surface area contributed by atoms with Crippen LogP contribution < -0.4 is 11.0 Å². The standard InChI is InChI=1S/C11H14N4O2/c1-5(8-6(2)12-13-10(8)16)9-7(3)14-15(4)11(9)17/h14H,1-4H3,(H,13,16). The summed E-state index contributed by atoms with van der Waals surface area (Å²) in [4.78, 5) is 23.6. The SMILES string of the molecule is CC1=NNC(=O)C1=C(C)c1c(C)[nH]n(C)c1=O. The largest absolute Gasteiger partial charge is 0.300 e. The van der Waals surface area contributed by atoms with Crippen LogP contribution in [0.1, 0.15) is 25.1 Å². The van der Waals surface area contributed by atoms with E-state index in [1.807, 2.05) is 0 Å². The van der Waals surface area contributed by atoms with Crippen LogP contribution in [0.15, 0.2) is 15.5 Å². The Morgan fingerprint density at radius 3 is 2.35 bits per heavy atom. The second kappa shape index (κ2) is 3.73. The van der Waals surface area contributed by atoms with Crippen molar-refractivity contribution in [3.8, 4) is 0 Å². The molecule has 1 aromatic rings. The Balaban J connectivity index is 2.69. The molecule has 0 bridgehead atoms. The quantitative estimate of drug-likeness (QED) is 0.685. The van der Waals surface area contributed by atoms with Gasteiger partial charge in [0.15, 0.2) is 0 Å². The molecule has 2 N–H and O–H groups in total. The third kappa shape index (κ3) is 1.61. The number of carbonyl (C=O) groups is 1. The Morgan fingerprint density at radius 1 is 1.29 bits per heavy atom. The smallest absolute Gasteiger partial charge is 0.274 e. The number of nitrogens with one attached hydrogen (secondary N) is 2. The van der Waals surface area contributed by atoms with E-state index in [4.69, 9.17) is 0 Å². The van der Waals surface area contributed by atoms with Gasteiger partial charge in [-0.2, -0.15) is 5.10 Å². The second-order valence-corrected chi connectivity index (χ2v) is 4.11. The fourth-order valence-electron chi connectivity index (χ4n) is 2.11. The van der Waals surface area contributed by atoms with Crippen LogP contribution in [0.25, 0.3) is 5.57 Å². The molecule has 0 fully saturated rings. The number of aromatic nitrogens is 2. The molecule has 90 valence electrons. The number of rotatable bonds is 1. The van der Waals surface area contributed by atoms with Crippen LogP contribution in [0.2, 0.25) is 0 Å². The van der Waals surface area contributed by atoms with Gasteiger partial charge in [0.1, 0.15) is 0 Å². The molecule has 0 saturated carbocycles. The molecule has 0 saturated heterocycles. The minimum Gasteiger partial charge on any atom is -0.300 e. The van der Waals surface area contributed by atoms with Gasteiger partial charge < -0.3 is 0 Å². The third-order valence-corrected chi connectivity index (χ3v) is 2.89. The maximum atomic E-state index is 11.9. The molecule has 1 aromatic heterocycles. The first-order chi connectivity index (χ1) is 7.93. The molecule has 0 atom stereocenters. The van der Waals surface area contributed by atoms with E-state index in [1.165, 1.54) is 4.68 Å². The van der Waals surface area contributed by atoms with E-state index in [-0.39, 0.29) is 11.5 Å². The van der Waals surface area contributed by atoms with E-state index >= 15 is 0 Å². The summed E-state index contributed by atoms with van der Waals surface area (Å²) >= 11 is 0. The first-order valence-electron chi connectivity index (χ1n) is 5.25. The zero-order chi connectivity index (χ0) is 12.7. The van der Waals surface area contributed by atoms with Gasteiger partial charge in [-0.15, -0.1) is 0 Å². The van der Waals surface area contributed by atoms with Crippen molar-refractivity contribution in [2.45, 2.75) is 20.8 Å². The number of amides is 1. The van der Waals surface area contributed by atoms with Crippen LogP contribution >= 0.6 is 0 Å². The van der Waals surface area contributed by atoms with Gasteiger partial charge in [-0.3, -0.25) is 19.4 Å². The Hall–Kier alpha value is -2.11. The lowest BCUT2D eigenvalue weighted by Gasteiger charge is -2.02. The molecule has 1 amide bonds. The number of aryl methyl sites for hydroxylation is 2. The lowest BCUT2D eigenvalue weighted by molar-refractivity contribution is -0.116. The number of hydrogen-bond acceptors (Lipinski definition) is 3. The number of aromatic amines is 1. The maximum Gasteiger partial charge on any atom is 0.274 e. The van der Waals surface area contributed by atoms with E-state index in [0.717, 1.165) is 5.69 Å². The molecule has 0 aliphatic carbocycles. The zero-order valence-electron chi connectivity index (χ0n) is 10.2. The maximum absolute atomic E-state index is 11.9. The zero-order valence-corrected chi connectivity index (χ0v) is 10.2. The summed E-state index contributed by atoms with van der Waals surface area (Å²) in [5, 5.41) is 6.76. The summed E-state index contributed by atoms with van der Waals surface area (Å²) in [7, 11) is 1.65. The second-order valence-electron chi connectivity index (χ2n) is 4.11. The predicted octanol–water partition coefficient (Wildman–Crippen LogP) is 0.301. The van der Waals surface area contributed by atoms with E-state index in [2.05, 4.69) is 15.6 Å². The summed E-state index contributed by atoms with van der Waals surface area (Å²) < 4.78 is 1.40. The highest BCUT2D eigenvalue weighted by Gasteiger charge is 2.24. The molecule has 1 aliphatic rings.